The van der Waals surface area contributed by atoms with Crippen LogP contribution in [0, 0.1) is 6.92 Å². The summed E-state index contributed by atoms with van der Waals surface area (Å²) in [5, 5.41) is 6.54. The molecule has 0 bridgehead atoms. The molecule has 0 atom stereocenters. The van der Waals surface area contributed by atoms with Gasteiger partial charge in [0.2, 0.25) is 0 Å². The van der Waals surface area contributed by atoms with E-state index in [-0.39, 0.29) is 0 Å². The summed E-state index contributed by atoms with van der Waals surface area (Å²) in [5.74, 6) is 0. The molecule has 0 radical (unpaired) electrons. The Balaban J connectivity index is 2.33. The molecule has 5 heteroatoms. The van der Waals surface area contributed by atoms with E-state index in [1.54, 1.807) is 0 Å². The van der Waals surface area contributed by atoms with Crippen molar-refractivity contribution in [1.82, 2.24) is 14.3 Å². The van der Waals surface area contributed by atoms with Gasteiger partial charge in [-0.05, 0) is 26.0 Å². The first-order chi connectivity index (χ1) is 9.11. The zero-order valence-electron chi connectivity index (χ0n) is 10.7. The summed E-state index contributed by atoms with van der Waals surface area (Å²) in [6.45, 7) is 4.95. The SMILES string of the molecule is CCn1cc(-n2c(C)cc3ccc(Cl)c(Cl)c32)cn1. The molecule has 0 unspecified atom stereocenters. The van der Waals surface area contributed by atoms with Crippen molar-refractivity contribution < 1.29 is 0 Å². The largest absolute Gasteiger partial charge is 0.309 e. The van der Waals surface area contributed by atoms with Crippen LogP contribution in [0.25, 0.3) is 16.6 Å². The monoisotopic (exact) mass is 293 g/mol. The minimum absolute atomic E-state index is 0.566. The predicted molar refractivity (Wildman–Crippen MR) is 79.5 cm³/mol. The van der Waals surface area contributed by atoms with Crippen LogP contribution in [0.4, 0.5) is 0 Å². The highest BCUT2D eigenvalue weighted by molar-refractivity contribution is 6.45. The van der Waals surface area contributed by atoms with E-state index < -0.39 is 0 Å². The van der Waals surface area contributed by atoms with Crippen LogP contribution < -0.4 is 0 Å². The first-order valence-electron chi connectivity index (χ1n) is 6.10. The van der Waals surface area contributed by atoms with Gasteiger partial charge < -0.3 is 4.57 Å². The number of fused-ring (bicyclic) bond motifs is 1. The third kappa shape index (κ3) is 1.94. The van der Waals surface area contributed by atoms with Crippen molar-refractivity contribution >= 4 is 34.1 Å². The summed E-state index contributed by atoms with van der Waals surface area (Å²) in [6.07, 6.45) is 3.84. The molecule has 3 rings (SSSR count). The fourth-order valence-corrected chi connectivity index (χ4v) is 2.75. The maximum absolute atomic E-state index is 6.36. The molecule has 3 nitrogen and oxygen atoms in total. The summed E-state index contributed by atoms with van der Waals surface area (Å²) >= 11 is 12.5. The maximum atomic E-state index is 6.36. The molecule has 0 amide bonds. The first-order valence-corrected chi connectivity index (χ1v) is 6.86. The van der Waals surface area contributed by atoms with Crippen molar-refractivity contribution in [3.05, 3.63) is 46.3 Å². The standard InChI is InChI=1S/C14H13Cl2N3/c1-3-18-8-11(7-17-18)19-9(2)6-10-4-5-12(15)13(16)14(10)19/h4-8H,3H2,1-2H3. The highest BCUT2D eigenvalue weighted by Crippen LogP contribution is 2.34. The fraction of sp³-hybridized carbons (Fsp3) is 0.214. The number of hydrogen-bond donors (Lipinski definition) is 0. The Bertz CT molecular complexity index is 755. The molecule has 0 N–H and O–H groups in total. The second-order valence-corrected chi connectivity index (χ2v) is 5.26. The van der Waals surface area contributed by atoms with Crippen molar-refractivity contribution in [2.75, 3.05) is 0 Å². The van der Waals surface area contributed by atoms with Crippen molar-refractivity contribution in [2.45, 2.75) is 20.4 Å². The van der Waals surface area contributed by atoms with Crippen LogP contribution in [-0.2, 0) is 6.54 Å². The number of aromatic nitrogens is 3. The van der Waals surface area contributed by atoms with Crippen LogP contribution >= 0.6 is 23.2 Å². The summed E-state index contributed by atoms with van der Waals surface area (Å²) in [5.41, 5.74) is 3.04. The van der Waals surface area contributed by atoms with Gasteiger partial charge in [-0.3, -0.25) is 4.68 Å². The molecular weight excluding hydrogens is 281 g/mol. The van der Waals surface area contributed by atoms with Gasteiger partial charge in [0.1, 0.15) is 0 Å². The molecular formula is C14H13Cl2N3. The first kappa shape index (κ1) is 12.6. The normalized spacial score (nSPS) is 11.4. The van der Waals surface area contributed by atoms with Crippen molar-refractivity contribution in [2.24, 2.45) is 0 Å². The van der Waals surface area contributed by atoms with Crippen LogP contribution in [0.15, 0.2) is 30.6 Å². The zero-order chi connectivity index (χ0) is 13.6. The zero-order valence-corrected chi connectivity index (χ0v) is 12.2. The predicted octanol–water partition coefficient (Wildman–Crippen LogP) is 4.46. The van der Waals surface area contributed by atoms with E-state index in [4.69, 9.17) is 23.2 Å². The van der Waals surface area contributed by atoms with Gasteiger partial charge in [-0.2, -0.15) is 5.10 Å². The minimum Gasteiger partial charge on any atom is -0.309 e. The topological polar surface area (TPSA) is 22.8 Å². The smallest absolute Gasteiger partial charge is 0.0841 e. The molecule has 1 aromatic carbocycles. The Labute approximate surface area is 121 Å². The molecule has 19 heavy (non-hydrogen) atoms. The molecule has 2 heterocycles. The second kappa shape index (κ2) is 4.58. The van der Waals surface area contributed by atoms with Crippen molar-refractivity contribution in [3.8, 4) is 5.69 Å². The van der Waals surface area contributed by atoms with E-state index in [1.807, 2.05) is 36.1 Å². The molecule has 0 aliphatic carbocycles. The summed E-state index contributed by atoms with van der Waals surface area (Å²) < 4.78 is 3.97. The van der Waals surface area contributed by atoms with Crippen LogP contribution in [0.3, 0.4) is 0 Å². The van der Waals surface area contributed by atoms with Crippen LogP contribution in [0.1, 0.15) is 12.6 Å². The molecule has 3 aromatic rings. The van der Waals surface area contributed by atoms with Gasteiger partial charge in [0, 0.05) is 23.8 Å². The van der Waals surface area contributed by atoms with E-state index in [0.29, 0.717) is 10.0 Å². The van der Waals surface area contributed by atoms with E-state index in [1.165, 1.54) is 0 Å². The number of halogens is 2. The molecule has 0 saturated carbocycles. The number of aryl methyl sites for hydroxylation is 2. The van der Waals surface area contributed by atoms with Crippen LogP contribution in [-0.4, -0.2) is 14.3 Å². The minimum atomic E-state index is 0.566. The molecule has 0 aliphatic heterocycles. The van der Waals surface area contributed by atoms with E-state index in [0.717, 1.165) is 28.8 Å². The summed E-state index contributed by atoms with van der Waals surface area (Å²) in [6, 6.07) is 5.91. The number of rotatable bonds is 2. The van der Waals surface area contributed by atoms with Crippen molar-refractivity contribution in [1.29, 1.82) is 0 Å². The lowest BCUT2D eigenvalue weighted by Crippen LogP contribution is -1.96. The Hall–Kier alpha value is -1.45. The molecule has 98 valence electrons. The number of nitrogens with zero attached hydrogens (tertiary/aromatic N) is 3. The second-order valence-electron chi connectivity index (χ2n) is 4.47. The van der Waals surface area contributed by atoms with Crippen LogP contribution in [0.2, 0.25) is 10.0 Å². The van der Waals surface area contributed by atoms with Gasteiger partial charge in [-0.15, -0.1) is 0 Å². The highest BCUT2D eigenvalue weighted by atomic mass is 35.5. The third-order valence-electron chi connectivity index (χ3n) is 3.24. The Kier molecular flexibility index (Phi) is 3.03. The van der Waals surface area contributed by atoms with Crippen molar-refractivity contribution in [3.63, 3.8) is 0 Å². The Morgan fingerprint density at radius 3 is 2.74 bits per heavy atom. The van der Waals surface area contributed by atoms with Gasteiger partial charge in [0.15, 0.2) is 0 Å². The lowest BCUT2D eigenvalue weighted by Gasteiger charge is -2.07. The Morgan fingerprint density at radius 2 is 2.05 bits per heavy atom. The van der Waals surface area contributed by atoms with Gasteiger partial charge in [0.05, 0.1) is 27.4 Å². The fourth-order valence-electron chi connectivity index (χ4n) is 2.34. The Morgan fingerprint density at radius 1 is 1.26 bits per heavy atom. The van der Waals surface area contributed by atoms with Gasteiger partial charge in [-0.25, -0.2) is 0 Å². The molecule has 0 saturated heterocycles. The molecule has 0 fully saturated rings. The number of benzene rings is 1. The lowest BCUT2D eigenvalue weighted by molar-refractivity contribution is 0.659. The third-order valence-corrected chi connectivity index (χ3v) is 4.04. The average molecular weight is 294 g/mol. The molecule has 0 spiro atoms. The number of hydrogen-bond acceptors (Lipinski definition) is 1. The lowest BCUT2D eigenvalue weighted by atomic mass is 10.2. The highest BCUT2D eigenvalue weighted by Gasteiger charge is 2.14. The molecule has 2 aromatic heterocycles. The summed E-state index contributed by atoms with van der Waals surface area (Å²) in [4.78, 5) is 0. The van der Waals surface area contributed by atoms with Gasteiger partial charge in [0.25, 0.3) is 0 Å². The van der Waals surface area contributed by atoms with E-state index in [2.05, 4.69) is 22.7 Å². The van der Waals surface area contributed by atoms with Crippen LogP contribution in [0.5, 0.6) is 0 Å². The molecule has 0 aliphatic rings. The van der Waals surface area contributed by atoms with E-state index in [9.17, 15) is 0 Å². The quantitative estimate of drug-likeness (QED) is 0.684. The maximum Gasteiger partial charge on any atom is 0.0841 e. The van der Waals surface area contributed by atoms with Gasteiger partial charge in [-0.1, -0.05) is 29.3 Å². The average Bonchev–Trinajstić information content (AvgIpc) is 2.97. The van der Waals surface area contributed by atoms with Gasteiger partial charge >= 0.3 is 0 Å². The summed E-state index contributed by atoms with van der Waals surface area (Å²) in [7, 11) is 0. The van der Waals surface area contributed by atoms with E-state index >= 15 is 0 Å².